The maximum Gasteiger partial charge on any atom is 0.213 e. The van der Waals surface area contributed by atoms with E-state index in [1.165, 1.54) is 0 Å². The van der Waals surface area contributed by atoms with Gasteiger partial charge in [0.1, 0.15) is 5.75 Å². The Morgan fingerprint density at radius 3 is 2.79 bits per heavy atom. The monoisotopic (exact) mass is 258 g/mol. The molecule has 0 atom stereocenters. The van der Waals surface area contributed by atoms with Crippen LogP contribution in [0, 0.1) is 6.92 Å². The zero-order valence-electron chi connectivity index (χ0n) is 11.2. The van der Waals surface area contributed by atoms with Crippen LogP contribution in [0.2, 0.25) is 0 Å². The number of anilines is 1. The maximum atomic E-state index is 9.75. The third-order valence-electron chi connectivity index (χ3n) is 2.75. The highest BCUT2D eigenvalue weighted by molar-refractivity contribution is 5.45. The van der Waals surface area contributed by atoms with Crippen LogP contribution in [0.3, 0.4) is 0 Å². The summed E-state index contributed by atoms with van der Waals surface area (Å²) in [6.45, 7) is 5.09. The van der Waals surface area contributed by atoms with Crippen molar-refractivity contribution in [2.75, 3.05) is 11.9 Å². The van der Waals surface area contributed by atoms with Crippen LogP contribution in [0.25, 0.3) is 0 Å². The van der Waals surface area contributed by atoms with Gasteiger partial charge in [0.15, 0.2) is 0 Å². The third-order valence-corrected chi connectivity index (χ3v) is 2.75. The van der Waals surface area contributed by atoms with Gasteiger partial charge in [0, 0.05) is 18.2 Å². The maximum absolute atomic E-state index is 9.75. The summed E-state index contributed by atoms with van der Waals surface area (Å²) in [7, 11) is 0. The van der Waals surface area contributed by atoms with Crippen LogP contribution in [0.4, 0.5) is 5.69 Å². The highest BCUT2D eigenvalue weighted by atomic mass is 16.5. The number of rotatable bonds is 5. The number of benzene rings is 1. The van der Waals surface area contributed by atoms with E-state index in [-0.39, 0.29) is 0 Å². The Bertz CT molecular complexity index is 538. The number of phenolic OH excluding ortho intramolecular Hbond substituents is 1. The number of phenols is 1. The molecule has 100 valence electrons. The Morgan fingerprint density at radius 1 is 1.26 bits per heavy atom. The number of aromatic nitrogens is 1. The lowest BCUT2D eigenvalue weighted by atomic mass is 10.1. The third kappa shape index (κ3) is 3.61. The summed E-state index contributed by atoms with van der Waals surface area (Å²) in [5.74, 6) is 0.920. The Morgan fingerprint density at radius 2 is 2.11 bits per heavy atom. The van der Waals surface area contributed by atoms with Crippen molar-refractivity contribution in [2.24, 2.45) is 0 Å². The van der Waals surface area contributed by atoms with Crippen molar-refractivity contribution in [3.63, 3.8) is 0 Å². The molecule has 19 heavy (non-hydrogen) atoms. The van der Waals surface area contributed by atoms with E-state index < -0.39 is 0 Å². The minimum Gasteiger partial charge on any atom is -0.508 e. The quantitative estimate of drug-likeness (QED) is 0.865. The number of ether oxygens (including phenoxy) is 1. The van der Waals surface area contributed by atoms with Crippen LogP contribution in [0.1, 0.15) is 18.1 Å². The molecule has 0 unspecified atom stereocenters. The number of pyridine rings is 1. The molecule has 1 aromatic heterocycles. The van der Waals surface area contributed by atoms with Gasteiger partial charge in [-0.1, -0.05) is 17.7 Å². The standard InChI is InChI=1S/C15H18N2O2/c1-3-19-15-7-5-13(10-17-15)16-9-12-8-11(2)4-6-14(12)18/h4-8,10,16,18H,3,9H2,1-2H3. The van der Waals surface area contributed by atoms with E-state index in [1.807, 2.05) is 38.1 Å². The van der Waals surface area contributed by atoms with Gasteiger partial charge in [-0.15, -0.1) is 0 Å². The van der Waals surface area contributed by atoms with E-state index in [2.05, 4.69) is 10.3 Å². The smallest absolute Gasteiger partial charge is 0.213 e. The molecule has 0 saturated carbocycles. The molecular weight excluding hydrogens is 240 g/mol. The summed E-state index contributed by atoms with van der Waals surface area (Å²) in [6.07, 6.45) is 1.72. The van der Waals surface area contributed by atoms with Crippen LogP contribution < -0.4 is 10.1 Å². The second kappa shape index (κ2) is 6.09. The summed E-state index contributed by atoms with van der Waals surface area (Å²) >= 11 is 0. The lowest BCUT2D eigenvalue weighted by Gasteiger charge is -2.09. The molecular formula is C15H18N2O2. The topological polar surface area (TPSA) is 54.4 Å². The molecule has 0 aliphatic heterocycles. The molecule has 1 aromatic carbocycles. The Labute approximate surface area is 113 Å². The van der Waals surface area contributed by atoms with Gasteiger partial charge in [0.25, 0.3) is 0 Å². The van der Waals surface area contributed by atoms with E-state index in [4.69, 9.17) is 4.74 Å². The van der Waals surface area contributed by atoms with Crippen molar-refractivity contribution in [3.05, 3.63) is 47.7 Å². The number of hydrogen-bond donors (Lipinski definition) is 2. The van der Waals surface area contributed by atoms with Crippen molar-refractivity contribution >= 4 is 5.69 Å². The normalized spacial score (nSPS) is 10.2. The largest absolute Gasteiger partial charge is 0.508 e. The van der Waals surface area contributed by atoms with E-state index >= 15 is 0 Å². The van der Waals surface area contributed by atoms with E-state index in [0.29, 0.717) is 24.8 Å². The van der Waals surface area contributed by atoms with Crippen LogP contribution >= 0.6 is 0 Å². The molecule has 2 aromatic rings. The van der Waals surface area contributed by atoms with Gasteiger partial charge >= 0.3 is 0 Å². The first-order chi connectivity index (χ1) is 9.19. The zero-order chi connectivity index (χ0) is 13.7. The lowest BCUT2D eigenvalue weighted by Crippen LogP contribution is -2.01. The first-order valence-corrected chi connectivity index (χ1v) is 6.30. The molecule has 0 radical (unpaired) electrons. The van der Waals surface area contributed by atoms with Crippen molar-refractivity contribution in [1.29, 1.82) is 0 Å². The molecule has 0 spiro atoms. The molecule has 0 aliphatic carbocycles. The van der Waals surface area contributed by atoms with E-state index in [0.717, 1.165) is 16.8 Å². The Balaban J connectivity index is 2.00. The number of nitrogens with zero attached hydrogens (tertiary/aromatic N) is 1. The molecule has 2 N–H and O–H groups in total. The highest BCUT2D eigenvalue weighted by Gasteiger charge is 2.02. The SMILES string of the molecule is CCOc1ccc(NCc2cc(C)ccc2O)cn1. The molecule has 0 amide bonds. The second-order valence-electron chi connectivity index (χ2n) is 4.30. The van der Waals surface area contributed by atoms with Crippen molar-refractivity contribution in [1.82, 2.24) is 4.98 Å². The van der Waals surface area contributed by atoms with Gasteiger partial charge in [-0.05, 0) is 26.0 Å². The first kappa shape index (κ1) is 13.2. The fourth-order valence-corrected chi connectivity index (χ4v) is 1.77. The minimum absolute atomic E-state index is 0.303. The zero-order valence-corrected chi connectivity index (χ0v) is 11.2. The van der Waals surface area contributed by atoms with E-state index in [9.17, 15) is 5.11 Å². The van der Waals surface area contributed by atoms with Crippen LogP contribution in [0.15, 0.2) is 36.5 Å². The molecule has 1 heterocycles. The van der Waals surface area contributed by atoms with Crippen molar-refractivity contribution in [2.45, 2.75) is 20.4 Å². The first-order valence-electron chi connectivity index (χ1n) is 6.30. The molecule has 0 saturated heterocycles. The average molecular weight is 258 g/mol. The van der Waals surface area contributed by atoms with Crippen molar-refractivity contribution in [3.8, 4) is 11.6 Å². The fourth-order valence-electron chi connectivity index (χ4n) is 1.77. The predicted molar refractivity (Wildman–Crippen MR) is 75.6 cm³/mol. The van der Waals surface area contributed by atoms with Gasteiger partial charge in [0.2, 0.25) is 5.88 Å². The van der Waals surface area contributed by atoms with Gasteiger partial charge in [-0.25, -0.2) is 4.98 Å². The number of aryl methyl sites for hydroxylation is 1. The van der Waals surface area contributed by atoms with Gasteiger partial charge < -0.3 is 15.2 Å². The summed E-state index contributed by atoms with van der Waals surface area (Å²) < 4.78 is 5.28. The van der Waals surface area contributed by atoms with Crippen LogP contribution in [-0.2, 0) is 6.54 Å². The van der Waals surface area contributed by atoms with Gasteiger partial charge in [-0.3, -0.25) is 0 Å². The van der Waals surface area contributed by atoms with E-state index in [1.54, 1.807) is 12.3 Å². The number of hydrogen-bond acceptors (Lipinski definition) is 4. The van der Waals surface area contributed by atoms with Crippen LogP contribution in [0.5, 0.6) is 11.6 Å². The average Bonchev–Trinajstić information content (AvgIpc) is 2.42. The summed E-state index contributed by atoms with van der Waals surface area (Å²) in [5, 5.41) is 13.0. The highest BCUT2D eigenvalue weighted by Crippen LogP contribution is 2.20. The predicted octanol–water partition coefficient (Wildman–Crippen LogP) is 3.11. The Hall–Kier alpha value is -2.23. The number of aromatic hydroxyl groups is 1. The van der Waals surface area contributed by atoms with Gasteiger partial charge in [-0.2, -0.15) is 0 Å². The number of nitrogens with one attached hydrogen (secondary N) is 1. The van der Waals surface area contributed by atoms with Crippen LogP contribution in [-0.4, -0.2) is 16.7 Å². The molecule has 4 heteroatoms. The summed E-state index contributed by atoms with van der Waals surface area (Å²) in [6, 6.07) is 9.29. The molecule has 2 rings (SSSR count). The molecule has 0 bridgehead atoms. The fraction of sp³-hybridized carbons (Fsp3) is 0.267. The minimum atomic E-state index is 0.303. The molecule has 4 nitrogen and oxygen atoms in total. The summed E-state index contributed by atoms with van der Waals surface area (Å²) in [5.41, 5.74) is 2.89. The lowest BCUT2D eigenvalue weighted by molar-refractivity contribution is 0.327. The second-order valence-corrected chi connectivity index (χ2v) is 4.30. The molecule has 0 aliphatic rings. The summed E-state index contributed by atoms with van der Waals surface area (Å²) in [4.78, 5) is 4.17. The van der Waals surface area contributed by atoms with Crippen molar-refractivity contribution < 1.29 is 9.84 Å². The molecule has 0 fully saturated rings. The Kier molecular flexibility index (Phi) is 4.23. The van der Waals surface area contributed by atoms with Gasteiger partial charge in [0.05, 0.1) is 18.5 Å².